The Bertz CT molecular complexity index is 852. The number of piperazine rings is 1. The Balaban J connectivity index is 1.70. The molecule has 144 valence electrons. The summed E-state index contributed by atoms with van der Waals surface area (Å²) in [5.74, 6) is -3.15. The van der Waals surface area contributed by atoms with E-state index in [1.54, 1.807) is 28.0 Å². The van der Waals surface area contributed by atoms with E-state index in [1.165, 1.54) is 20.3 Å². The average Bonchev–Trinajstić information content (AvgIpc) is 2.71. The summed E-state index contributed by atoms with van der Waals surface area (Å²) in [5.41, 5.74) is 0.437. The zero-order valence-corrected chi connectivity index (χ0v) is 15.0. The second-order valence-corrected chi connectivity index (χ2v) is 6.04. The molecule has 0 atom stereocenters. The van der Waals surface area contributed by atoms with Gasteiger partial charge in [-0.15, -0.1) is 0 Å². The van der Waals surface area contributed by atoms with Crippen molar-refractivity contribution in [3.05, 3.63) is 53.3 Å². The molecule has 0 radical (unpaired) electrons. The highest BCUT2D eigenvalue weighted by Crippen LogP contribution is 2.29. The first-order valence-corrected chi connectivity index (χ1v) is 8.36. The highest BCUT2D eigenvalue weighted by atomic mass is 19.2. The lowest BCUT2D eigenvalue weighted by Gasteiger charge is -2.36. The molecule has 3 rings (SSSR count). The fourth-order valence-corrected chi connectivity index (χ4v) is 3.06. The van der Waals surface area contributed by atoms with E-state index in [9.17, 15) is 18.0 Å². The molecular weight excluding hydrogens is 361 g/mol. The third kappa shape index (κ3) is 3.65. The van der Waals surface area contributed by atoms with Crippen LogP contribution < -0.4 is 14.4 Å². The number of hydrogen-bond donors (Lipinski definition) is 0. The maximum atomic E-state index is 14.0. The summed E-state index contributed by atoms with van der Waals surface area (Å²) in [6, 6.07) is 7.00. The van der Waals surface area contributed by atoms with Gasteiger partial charge in [0.05, 0.1) is 19.9 Å². The number of carbonyl (C=O) groups is 1. The van der Waals surface area contributed by atoms with Gasteiger partial charge < -0.3 is 19.3 Å². The molecule has 0 spiro atoms. The van der Waals surface area contributed by atoms with E-state index in [0.717, 1.165) is 6.07 Å². The lowest BCUT2D eigenvalue weighted by Crippen LogP contribution is -2.49. The van der Waals surface area contributed by atoms with Crippen molar-refractivity contribution in [2.75, 3.05) is 45.3 Å². The third-order valence-electron chi connectivity index (χ3n) is 4.55. The van der Waals surface area contributed by atoms with E-state index in [0.29, 0.717) is 43.2 Å². The summed E-state index contributed by atoms with van der Waals surface area (Å²) in [5, 5.41) is 0. The molecule has 1 fully saturated rings. The molecule has 5 nitrogen and oxygen atoms in total. The molecule has 0 saturated carbocycles. The largest absolute Gasteiger partial charge is 0.493 e. The van der Waals surface area contributed by atoms with E-state index < -0.39 is 17.5 Å². The molecule has 0 unspecified atom stereocenters. The van der Waals surface area contributed by atoms with E-state index in [2.05, 4.69) is 0 Å². The predicted octanol–water partition coefficient (Wildman–Crippen LogP) is 3.08. The van der Waals surface area contributed by atoms with Crippen molar-refractivity contribution in [1.82, 2.24) is 4.90 Å². The summed E-state index contributed by atoms with van der Waals surface area (Å²) in [4.78, 5) is 15.9. The summed E-state index contributed by atoms with van der Waals surface area (Å²) in [6.45, 7) is 1.26. The van der Waals surface area contributed by atoms with Gasteiger partial charge in [-0.2, -0.15) is 0 Å². The van der Waals surface area contributed by atoms with Gasteiger partial charge in [0, 0.05) is 31.7 Å². The zero-order valence-electron chi connectivity index (χ0n) is 15.0. The first-order chi connectivity index (χ1) is 13.0. The van der Waals surface area contributed by atoms with Gasteiger partial charge in [0.15, 0.2) is 29.0 Å². The van der Waals surface area contributed by atoms with Crippen LogP contribution in [0.2, 0.25) is 0 Å². The molecule has 2 aromatic carbocycles. The number of carbonyl (C=O) groups excluding carboxylic acids is 1. The zero-order chi connectivity index (χ0) is 19.6. The standard InChI is InChI=1S/C19H19F3N2O3/c1-26-15-6-3-12(11-16(15)27-2)19(25)24-9-7-23(8-10-24)14-5-4-13(20)17(21)18(14)22/h3-6,11H,7-10H2,1-2H3. The number of rotatable bonds is 4. The minimum Gasteiger partial charge on any atom is -0.493 e. The lowest BCUT2D eigenvalue weighted by molar-refractivity contribution is 0.0746. The molecule has 1 saturated heterocycles. The number of benzene rings is 2. The Labute approximate surface area is 154 Å². The maximum absolute atomic E-state index is 14.0. The van der Waals surface area contributed by atoms with Crippen molar-refractivity contribution >= 4 is 11.6 Å². The normalized spacial score (nSPS) is 14.3. The van der Waals surface area contributed by atoms with Crippen LogP contribution in [0.15, 0.2) is 30.3 Å². The molecule has 8 heteroatoms. The van der Waals surface area contributed by atoms with Gasteiger partial charge in [0.2, 0.25) is 0 Å². The number of methoxy groups -OCH3 is 2. The van der Waals surface area contributed by atoms with Gasteiger partial charge in [0.1, 0.15) is 0 Å². The second-order valence-electron chi connectivity index (χ2n) is 6.04. The molecule has 0 N–H and O–H groups in total. The van der Waals surface area contributed by atoms with Gasteiger partial charge in [0.25, 0.3) is 5.91 Å². The van der Waals surface area contributed by atoms with Gasteiger partial charge in [-0.3, -0.25) is 4.79 Å². The van der Waals surface area contributed by atoms with Crippen LogP contribution in [0.25, 0.3) is 0 Å². The fraction of sp³-hybridized carbons (Fsp3) is 0.316. The number of ether oxygens (including phenoxy) is 2. The number of amides is 1. The summed E-state index contributed by atoms with van der Waals surface area (Å²) in [6.07, 6.45) is 0. The predicted molar refractivity (Wildman–Crippen MR) is 94.0 cm³/mol. The topological polar surface area (TPSA) is 42.0 Å². The summed E-state index contributed by atoms with van der Waals surface area (Å²) in [7, 11) is 3.00. The minimum atomic E-state index is -1.49. The molecular formula is C19H19F3N2O3. The Morgan fingerprint density at radius 3 is 2.19 bits per heavy atom. The van der Waals surface area contributed by atoms with Crippen molar-refractivity contribution in [3.63, 3.8) is 0 Å². The molecule has 0 aliphatic carbocycles. The van der Waals surface area contributed by atoms with Crippen LogP contribution in [0.5, 0.6) is 11.5 Å². The smallest absolute Gasteiger partial charge is 0.254 e. The van der Waals surface area contributed by atoms with Crippen molar-refractivity contribution in [1.29, 1.82) is 0 Å². The second kappa shape index (κ2) is 7.77. The highest BCUT2D eigenvalue weighted by molar-refractivity contribution is 5.95. The third-order valence-corrected chi connectivity index (χ3v) is 4.55. The van der Waals surface area contributed by atoms with E-state index in [1.807, 2.05) is 0 Å². The minimum absolute atomic E-state index is 0.00730. The monoisotopic (exact) mass is 380 g/mol. The maximum Gasteiger partial charge on any atom is 0.254 e. The van der Waals surface area contributed by atoms with Gasteiger partial charge in [-0.1, -0.05) is 0 Å². The van der Waals surface area contributed by atoms with Gasteiger partial charge in [-0.05, 0) is 30.3 Å². The van der Waals surface area contributed by atoms with E-state index in [4.69, 9.17) is 9.47 Å². The lowest BCUT2D eigenvalue weighted by atomic mass is 10.1. The Kier molecular flexibility index (Phi) is 5.43. The average molecular weight is 380 g/mol. The molecule has 0 bridgehead atoms. The Morgan fingerprint density at radius 2 is 1.56 bits per heavy atom. The number of halogens is 3. The van der Waals surface area contributed by atoms with Crippen LogP contribution in [-0.2, 0) is 0 Å². The molecule has 1 aliphatic heterocycles. The molecule has 1 aliphatic rings. The van der Waals surface area contributed by atoms with Crippen molar-refractivity contribution in [2.24, 2.45) is 0 Å². The van der Waals surface area contributed by atoms with E-state index >= 15 is 0 Å². The first-order valence-electron chi connectivity index (χ1n) is 8.36. The number of hydrogen-bond acceptors (Lipinski definition) is 4. The number of nitrogens with zero attached hydrogens (tertiary/aromatic N) is 2. The molecule has 1 amide bonds. The van der Waals surface area contributed by atoms with Crippen LogP contribution >= 0.6 is 0 Å². The van der Waals surface area contributed by atoms with Gasteiger partial charge >= 0.3 is 0 Å². The first kappa shape index (κ1) is 18.9. The molecule has 27 heavy (non-hydrogen) atoms. The van der Waals surface area contributed by atoms with Crippen LogP contribution in [0.1, 0.15) is 10.4 Å². The fourth-order valence-electron chi connectivity index (χ4n) is 3.06. The summed E-state index contributed by atoms with van der Waals surface area (Å²) < 4.78 is 50.9. The Morgan fingerprint density at radius 1 is 0.889 bits per heavy atom. The van der Waals surface area contributed by atoms with Crippen molar-refractivity contribution < 1.29 is 27.4 Å². The number of anilines is 1. The molecule has 0 aromatic heterocycles. The highest BCUT2D eigenvalue weighted by Gasteiger charge is 2.26. The van der Waals surface area contributed by atoms with E-state index in [-0.39, 0.29) is 11.6 Å². The van der Waals surface area contributed by atoms with Crippen LogP contribution in [-0.4, -0.2) is 51.2 Å². The van der Waals surface area contributed by atoms with Crippen LogP contribution in [0, 0.1) is 17.5 Å². The van der Waals surface area contributed by atoms with Gasteiger partial charge in [-0.25, -0.2) is 13.2 Å². The van der Waals surface area contributed by atoms with Crippen LogP contribution in [0.4, 0.5) is 18.9 Å². The van der Waals surface area contributed by atoms with Crippen molar-refractivity contribution in [3.8, 4) is 11.5 Å². The summed E-state index contributed by atoms with van der Waals surface area (Å²) >= 11 is 0. The Hall–Kier alpha value is -2.90. The van der Waals surface area contributed by atoms with Crippen molar-refractivity contribution in [2.45, 2.75) is 0 Å². The SMILES string of the molecule is COc1ccc(C(=O)N2CCN(c3ccc(F)c(F)c3F)CC2)cc1OC. The molecule has 1 heterocycles. The quantitative estimate of drug-likeness (QED) is 0.765. The molecule has 2 aromatic rings. The van der Waals surface area contributed by atoms with Crippen LogP contribution in [0.3, 0.4) is 0 Å².